The lowest BCUT2D eigenvalue weighted by atomic mass is 10.1. The Morgan fingerprint density at radius 1 is 0.577 bits per heavy atom. The van der Waals surface area contributed by atoms with E-state index < -0.39 is 0 Å². The van der Waals surface area contributed by atoms with Crippen LogP contribution in [0.3, 0.4) is 0 Å². The SMILES string of the molecule is c1cc(C2=Nc3ccccc3CO2)cc(C2=Nc3ccccc3CO2)c1. The summed E-state index contributed by atoms with van der Waals surface area (Å²) in [7, 11) is 0. The van der Waals surface area contributed by atoms with Crippen molar-refractivity contribution in [3.8, 4) is 0 Å². The molecule has 0 saturated carbocycles. The summed E-state index contributed by atoms with van der Waals surface area (Å²) < 4.78 is 11.7. The Hall–Kier alpha value is -3.40. The average molecular weight is 340 g/mol. The third-order valence-electron chi connectivity index (χ3n) is 4.51. The van der Waals surface area contributed by atoms with E-state index >= 15 is 0 Å². The molecule has 0 radical (unpaired) electrons. The van der Waals surface area contributed by atoms with Gasteiger partial charge < -0.3 is 9.47 Å². The zero-order valence-corrected chi connectivity index (χ0v) is 14.1. The van der Waals surface area contributed by atoms with Crippen LogP contribution in [0.1, 0.15) is 22.3 Å². The highest BCUT2D eigenvalue weighted by molar-refractivity contribution is 6.02. The molecular weight excluding hydrogens is 324 g/mol. The number of rotatable bonds is 2. The molecule has 0 fully saturated rings. The van der Waals surface area contributed by atoms with Gasteiger partial charge in [0.1, 0.15) is 13.2 Å². The number of hydrogen-bond donors (Lipinski definition) is 0. The first-order valence-electron chi connectivity index (χ1n) is 8.56. The number of para-hydroxylation sites is 2. The van der Waals surface area contributed by atoms with Crippen molar-refractivity contribution < 1.29 is 9.47 Å². The van der Waals surface area contributed by atoms with Crippen molar-refractivity contribution in [1.82, 2.24) is 0 Å². The maximum atomic E-state index is 5.86. The Kier molecular flexibility index (Phi) is 3.53. The molecule has 0 saturated heterocycles. The fourth-order valence-electron chi connectivity index (χ4n) is 3.14. The van der Waals surface area contributed by atoms with E-state index in [0.29, 0.717) is 25.0 Å². The van der Waals surface area contributed by atoms with Gasteiger partial charge in [-0.3, -0.25) is 0 Å². The summed E-state index contributed by atoms with van der Waals surface area (Å²) in [6, 6.07) is 24.0. The minimum absolute atomic E-state index is 0.532. The molecule has 5 rings (SSSR count). The molecule has 2 heterocycles. The Morgan fingerprint density at radius 2 is 1.08 bits per heavy atom. The van der Waals surface area contributed by atoms with Gasteiger partial charge in [-0.25, -0.2) is 9.98 Å². The molecule has 0 unspecified atom stereocenters. The molecule has 0 aromatic heterocycles. The number of aliphatic imine (C=N–C) groups is 2. The van der Waals surface area contributed by atoms with Gasteiger partial charge in [-0.15, -0.1) is 0 Å². The second-order valence-corrected chi connectivity index (χ2v) is 6.25. The molecule has 126 valence electrons. The zero-order chi connectivity index (χ0) is 17.3. The molecular formula is C22H16N2O2. The van der Waals surface area contributed by atoms with Gasteiger partial charge >= 0.3 is 0 Å². The molecule has 0 N–H and O–H groups in total. The molecule has 2 aliphatic rings. The monoisotopic (exact) mass is 340 g/mol. The van der Waals surface area contributed by atoms with E-state index in [9.17, 15) is 0 Å². The Labute approximate surface area is 151 Å². The third-order valence-corrected chi connectivity index (χ3v) is 4.51. The van der Waals surface area contributed by atoms with Gasteiger partial charge in [-0.2, -0.15) is 0 Å². The lowest BCUT2D eigenvalue weighted by Crippen LogP contribution is -2.14. The fraction of sp³-hybridized carbons (Fsp3) is 0.0909. The normalized spacial score (nSPS) is 14.9. The van der Waals surface area contributed by atoms with Crippen molar-refractivity contribution in [2.45, 2.75) is 13.2 Å². The van der Waals surface area contributed by atoms with Crippen molar-refractivity contribution in [3.63, 3.8) is 0 Å². The van der Waals surface area contributed by atoms with Gasteiger partial charge in [0.05, 0.1) is 11.4 Å². The summed E-state index contributed by atoms with van der Waals surface area (Å²) in [6.45, 7) is 1.06. The summed E-state index contributed by atoms with van der Waals surface area (Å²) in [5, 5.41) is 0. The van der Waals surface area contributed by atoms with Crippen molar-refractivity contribution >= 4 is 23.2 Å². The molecule has 0 amide bonds. The smallest absolute Gasteiger partial charge is 0.221 e. The van der Waals surface area contributed by atoms with E-state index in [-0.39, 0.29) is 0 Å². The number of nitrogens with zero attached hydrogens (tertiary/aromatic N) is 2. The van der Waals surface area contributed by atoms with Crippen LogP contribution in [-0.4, -0.2) is 11.8 Å². The quantitative estimate of drug-likeness (QED) is 0.666. The molecule has 3 aromatic rings. The van der Waals surface area contributed by atoms with Gasteiger partial charge in [0, 0.05) is 22.3 Å². The predicted octanol–water partition coefficient (Wildman–Crippen LogP) is 4.90. The summed E-state index contributed by atoms with van der Waals surface area (Å²) in [5.41, 5.74) is 5.95. The minimum atomic E-state index is 0.532. The molecule has 4 nitrogen and oxygen atoms in total. The molecule has 3 aromatic carbocycles. The molecule has 0 bridgehead atoms. The van der Waals surface area contributed by atoms with Crippen molar-refractivity contribution in [2.75, 3.05) is 0 Å². The van der Waals surface area contributed by atoms with Gasteiger partial charge in [-0.05, 0) is 30.3 Å². The number of benzene rings is 3. The molecule has 0 atom stereocenters. The number of hydrogen-bond acceptors (Lipinski definition) is 4. The third kappa shape index (κ3) is 2.65. The average Bonchev–Trinajstić information content (AvgIpc) is 2.73. The molecule has 4 heteroatoms. The van der Waals surface area contributed by atoms with E-state index in [0.717, 1.165) is 33.6 Å². The number of ether oxygens (including phenoxy) is 2. The lowest BCUT2D eigenvalue weighted by Gasteiger charge is -2.19. The van der Waals surface area contributed by atoms with Gasteiger partial charge in [0.25, 0.3) is 0 Å². The maximum Gasteiger partial charge on any atom is 0.221 e. The second-order valence-electron chi connectivity index (χ2n) is 6.25. The molecule has 26 heavy (non-hydrogen) atoms. The highest BCUT2D eigenvalue weighted by atomic mass is 16.5. The second kappa shape index (κ2) is 6.15. The highest BCUT2D eigenvalue weighted by Gasteiger charge is 2.18. The van der Waals surface area contributed by atoms with Crippen molar-refractivity contribution in [1.29, 1.82) is 0 Å². The zero-order valence-electron chi connectivity index (χ0n) is 14.1. The topological polar surface area (TPSA) is 43.2 Å². The van der Waals surface area contributed by atoms with Crippen LogP contribution in [0.5, 0.6) is 0 Å². The van der Waals surface area contributed by atoms with E-state index in [1.807, 2.05) is 72.8 Å². The Morgan fingerprint density at radius 3 is 1.62 bits per heavy atom. The first kappa shape index (κ1) is 14.9. The predicted molar refractivity (Wildman–Crippen MR) is 101 cm³/mol. The Bertz CT molecular complexity index is 973. The number of fused-ring (bicyclic) bond motifs is 2. The summed E-state index contributed by atoms with van der Waals surface area (Å²) in [5.74, 6) is 1.25. The summed E-state index contributed by atoms with van der Waals surface area (Å²) in [4.78, 5) is 9.30. The Balaban J connectivity index is 1.51. The van der Waals surface area contributed by atoms with Crippen molar-refractivity contribution in [2.24, 2.45) is 9.98 Å². The largest absolute Gasteiger partial charge is 0.472 e. The highest BCUT2D eigenvalue weighted by Crippen LogP contribution is 2.28. The molecule has 0 spiro atoms. The molecule has 0 aliphatic carbocycles. The van der Waals surface area contributed by atoms with Gasteiger partial charge in [-0.1, -0.05) is 42.5 Å². The van der Waals surface area contributed by atoms with E-state index in [4.69, 9.17) is 9.47 Å². The maximum absolute atomic E-state index is 5.86. The van der Waals surface area contributed by atoms with Crippen LogP contribution in [0.15, 0.2) is 82.8 Å². The van der Waals surface area contributed by atoms with E-state index in [1.165, 1.54) is 0 Å². The molecule has 2 aliphatic heterocycles. The van der Waals surface area contributed by atoms with Crippen LogP contribution in [0.25, 0.3) is 0 Å². The van der Waals surface area contributed by atoms with Crippen LogP contribution in [-0.2, 0) is 22.7 Å². The van der Waals surface area contributed by atoms with E-state index in [2.05, 4.69) is 9.98 Å². The first-order chi connectivity index (χ1) is 12.9. The van der Waals surface area contributed by atoms with Crippen LogP contribution >= 0.6 is 0 Å². The van der Waals surface area contributed by atoms with Gasteiger partial charge in [0.15, 0.2) is 0 Å². The van der Waals surface area contributed by atoms with Crippen LogP contribution in [0.2, 0.25) is 0 Å². The van der Waals surface area contributed by atoms with Crippen LogP contribution in [0.4, 0.5) is 11.4 Å². The standard InChI is InChI=1S/C22H16N2O2/c1-3-10-19-17(6-1)13-25-21(23-19)15-8-5-9-16(12-15)22-24-20-11-4-2-7-18(20)14-26-22/h1-12H,13-14H2. The summed E-state index contributed by atoms with van der Waals surface area (Å²) in [6.07, 6.45) is 0. The van der Waals surface area contributed by atoms with Gasteiger partial charge in [0.2, 0.25) is 11.8 Å². The minimum Gasteiger partial charge on any atom is -0.472 e. The lowest BCUT2D eigenvalue weighted by molar-refractivity contribution is 0.287. The van der Waals surface area contributed by atoms with Crippen LogP contribution < -0.4 is 0 Å². The first-order valence-corrected chi connectivity index (χ1v) is 8.56. The summed E-state index contributed by atoms with van der Waals surface area (Å²) >= 11 is 0. The van der Waals surface area contributed by atoms with Crippen molar-refractivity contribution in [3.05, 3.63) is 95.1 Å². The fourth-order valence-corrected chi connectivity index (χ4v) is 3.14. The van der Waals surface area contributed by atoms with E-state index in [1.54, 1.807) is 0 Å². The van der Waals surface area contributed by atoms with Crippen LogP contribution in [0, 0.1) is 0 Å².